The van der Waals surface area contributed by atoms with Gasteiger partial charge in [0, 0.05) is 12.0 Å². The predicted octanol–water partition coefficient (Wildman–Crippen LogP) is 2.82. The molecule has 2 fully saturated rings. The zero-order chi connectivity index (χ0) is 11.7. The molecule has 0 aromatic carbocycles. The fourth-order valence-electron chi connectivity index (χ4n) is 3.54. The molecule has 2 rings (SSSR count). The Balaban J connectivity index is 1.96. The van der Waals surface area contributed by atoms with Crippen LogP contribution in [0.15, 0.2) is 0 Å². The predicted molar refractivity (Wildman–Crippen MR) is 67.5 cm³/mol. The molecule has 2 heteroatoms. The van der Waals surface area contributed by atoms with Gasteiger partial charge in [-0.1, -0.05) is 26.2 Å². The summed E-state index contributed by atoms with van der Waals surface area (Å²) in [5, 5.41) is 3.54. The van der Waals surface area contributed by atoms with Gasteiger partial charge in [0.15, 0.2) is 0 Å². The molecule has 1 saturated carbocycles. The lowest BCUT2D eigenvalue weighted by atomic mass is 9.74. The zero-order valence-corrected chi connectivity index (χ0v) is 11.2. The molecule has 94 valence electrons. The Morgan fingerprint density at radius 1 is 1.19 bits per heavy atom. The first-order valence-electron chi connectivity index (χ1n) is 6.96. The highest BCUT2D eigenvalue weighted by Gasteiger charge is 2.41. The Labute approximate surface area is 100 Å². The lowest BCUT2D eigenvalue weighted by Gasteiger charge is -2.35. The minimum absolute atomic E-state index is 0.419. The Bertz CT molecular complexity index is 227. The van der Waals surface area contributed by atoms with Gasteiger partial charge in [0.25, 0.3) is 0 Å². The maximum Gasteiger partial charge on any atom is 0.0597 e. The van der Waals surface area contributed by atoms with E-state index in [0.717, 1.165) is 5.92 Å². The van der Waals surface area contributed by atoms with Gasteiger partial charge in [-0.15, -0.1) is 0 Å². The minimum Gasteiger partial charge on any atom is -0.375 e. The van der Waals surface area contributed by atoms with Crippen LogP contribution in [0.3, 0.4) is 0 Å². The molecule has 0 aromatic rings. The summed E-state index contributed by atoms with van der Waals surface area (Å²) >= 11 is 0. The number of hydrogen-bond donors (Lipinski definition) is 1. The maximum absolute atomic E-state index is 5.96. The highest BCUT2D eigenvalue weighted by atomic mass is 16.5. The summed E-state index contributed by atoms with van der Waals surface area (Å²) in [4.78, 5) is 0. The van der Waals surface area contributed by atoms with E-state index in [1.165, 1.54) is 25.7 Å². The molecule has 0 amide bonds. The lowest BCUT2D eigenvalue weighted by Crippen LogP contribution is -2.42. The van der Waals surface area contributed by atoms with Gasteiger partial charge in [0.1, 0.15) is 0 Å². The fraction of sp³-hybridized carbons (Fsp3) is 1.00. The Hall–Kier alpha value is -0.0800. The van der Waals surface area contributed by atoms with Crippen LogP contribution in [0, 0.1) is 17.8 Å². The number of hydrogen-bond acceptors (Lipinski definition) is 2. The maximum atomic E-state index is 5.96. The summed E-state index contributed by atoms with van der Waals surface area (Å²) in [6.07, 6.45) is 6.55. The molecule has 1 aliphatic heterocycles. The average Bonchev–Trinajstić information content (AvgIpc) is 2.42. The van der Waals surface area contributed by atoms with Crippen LogP contribution in [0.2, 0.25) is 0 Å². The summed E-state index contributed by atoms with van der Waals surface area (Å²) in [6.45, 7) is 6.82. The molecule has 5 unspecified atom stereocenters. The van der Waals surface area contributed by atoms with Gasteiger partial charge < -0.3 is 10.1 Å². The van der Waals surface area contributed by atoms with Crippen LogP contribution in [0.1, 0.15) is 46.5 Å². The summed E-state index contributed by atoms with van der Waals surface area (Å²) in [5.41, 5.74) is 0. The van der Waals surface area contributed by atoms with Gasteiger partial charge in [0.05, 0.1) is 12.2 Å². The molecule has 1 heterocycles. The van der Waals surface area contributed by atoms with E-state index in [9.17, 15) is 0 Å². The Morgan fingerprint density at radius 3 is 2.25 bits per heavy atom. The van der Waals surface area contributed by atoms with E-state index in [2.05, 4.69) is 33.1 Å². The normalized spacial score (nSPS) is 42.0. The molecule has 1 aliphatic carbocycles. The van der Waals surface area contributed by atoms with E-state index in [1.807, 2.05) is 0 Å². The first kappa shape index (κ1) is 12.4. The SMILES string of the molecule is CNC(CC1CCC1)C1C(C)OC(C)C1C. The van der Waals surface area contributed by atoms with Crippen molar-refractivity contribution in [3.05, 3.63) is 0 Å². The second kappa shape index (κ2) is 5.05. The van der Waals surface area contributed by atoms with Crippen LogP contribution in [0.4, 0.5) is 0 Å². The standard InChI is InChI=1S/C14H27NO/c1-9-10(2)16-11(3)14(9)13(15-4)8-12-6-5-7-12/h9-15H,5-8H2,1-4H3. The number of nitrogens with one attached hydrogen (secondary N) is 1. The molecule has 2 nitrogen and oxygen atoms in total. The third kappa shape index (κ3) is 2.28. The fourth-order valence-corrected chi connectivity index (χ4v) is 3.54. The highest BCUT2D eigenvalue weighted by Crippen LogP contribution is 2.39. The Kier molecular flexibility index (Phi) is 3.91. The molecule has 5 atom stereocenters. The third-order valence-electron chi connectivity index (χ3n) is 4.97. The molecule has 16 heavy (non-hydrogen) atoms. The third-order valence-corrected chi connectivity index (χ3v) is 4.97. The molecule has 1 saturated heterocycles. The molecule has 0 bridgehead atoms. The van der Waals surface area contributed by atoms with Gasteiger partial charge in [-0.3, -0.25) is 0 Å². The second-order valence-electron chi connectivity index (χ2n) is 5.91. The van der Waals surface area contributed by atoms with Crippen LogP contribution in [-0.4, -0.2) is 25.3 Å². The van der Waals surface area contributed by atoms with Gasteiger partial charge in [-0.05, 0) is 39.2 Å². The number of rotatable bonds is 4. The topological polar surface area (TPSA) is 21.3 Å². The largest absolute Gasteiger partial charge is 0.375 e. The van der Waals surface area contributed by atoms with Crippen molar-refractivity contribution in [2.75, 3.05) is 7.05 Å². The smallest absolute Gasteiger partial charge is 0.0597 e. The van der Waals surface area contributed by atoms with Crippen LogP contribution in [-0.2, 0) is 4.74 Å². The van der Waals surface area contributed by atoms with Crippen molar-refractivity contribution in [1.82, 2.24) is 5.32 Å². The molecular formula is C14H27NO. The number of ether oxygens (including phenoxy) is 1. The van der Waals surface area contributed by atoms with Crippen molar-refractivity contribution < 1.29 is 4.74 Å². The van der Waals surface area contributed by atoms with Crippen LogP contribution >= 0.6 is 0 Å². The van der Waals surface area contributed by atoms with Crippen molar-refractivity contribution in [2.45, 2.75) is 64.7 Å². The van der Waals surface area contributed by atoms with Gasteiger partial charge in [0.2, 0.25) is 0 Å². The van der Waals surface area contributed by atoms with E-state index >= 15 is 0 Å². The molecule has 0 aromatic heterocycles. The van der Waals surface area contributed by atoms with E-state index < -0.39 is 0 Å². The first-order valence-corrected chi connectivity index (χ1v) is 6.96. The zero-order valence-electron chi connectivity index (χ0n) is 11.2. The Morgan fingerprint density at radius 2 is 1.88 bits per heavy atom. The van der Waals surface area contributed by atoms with Crippen molar-refractivity contribution in [3.63, 3.8) is 0 Å². The van der Waals surface area contributed by atoms with Crippen molar-refractivity contribution in [3.8, 4) is 0 Å². The summed E-state index contributed by atoms with van der Waals surface area (Å²) in [5.74, 6) is 2.36. The molecule has 0 spiro atoms. The first-order chi connectivity index (χ1) is 7.63. The summed E-state index contributed by atoms with van der Waals surface area (Å²) in [7, 11) is 2.12. The monoisotopic (exact) mass is 225 g/mol. The van der Waals surface area contributed by atoms with Crippen molar-refractivity contribution >= 4 is 0 Å². The molecular weight excluding hydrogens is 198 g/mol. The quantitative estimate of drug-likeness (QED) is 0.794. The van der Waals surface area contributed by atoms with Crippen LogP contribution in [0.5, 0.6) is 0 Å². The summed E-state index contributed by atoms with van der Waals surface area (Å²) in [6, 6.07) is 0.653. The van der Waals surface area contributed by atoms with E-state index in [-0.39, 0.29) is 0 Å². The van der Waals surface area contributed by atoms with E-state index in [0.29, 0.717) is 30.1 Å². The highest BCUT2D eigenvalue weighted by molar-refractivity contribution is 4.92. The van der Waals surface area contributed by atoms with Crippen molar-refractivity contribution in [2.24, 2.45) is 17.8 Å². The van der Waals surface area contributed by atoms with E-state index in [1.54, 1.807) is 0 Å². The average molecular weight is 225 g/mol. The molecule has 1 N–H and O–H groups in total. The molecule has 2 aliphatic rings. The molecule has 0 radical (unpaired) electrons. The lowest BCUT2D eigenvalue weighted by molar-refractivity contribution is 0.0460. The minimum atomic E-state index is 0.419. The van der Waals surface area contributed by atoms with Crippen LogP contribution in [0.25, 0.3) is 0 Å². The van der Waals surface area contributed by atoms with Crippen LogP contribution < -0.4 is 5.32 Å². The van der Waals surface area contributed by atoms with Crippen molar-refractivity contribution in [1.29, 1.82) is 0 Å². The van der Waals surface area contributed by atoms with Gasteiger partial charge in [-0.2, -0.15) is 0 Å². The summed E-state index contributed by atoms with van der Waals surface area (Å²) < 4.78 is 5.96. The second-order valence-corrected chi connectivity index (χ2v) is 5.91. The van der Waals surface area contributed by atoms with Gasteiger partial charge in [-0.25, -0.2) is 0 Å². The van der Waals surface area contributed by atoms with E-state index in [4.69, 9.17) is 4.74 Å². The van der Waals surface area contributed by atoms with Gasteiger partial charge >= 0.3 is 0 Å².